The highest BCUT2D eigenvalue weighted by Gasteiger charge is 2.45. The lowest BCUT2D eigenvalue weighted by Crippen LogP contribution is -2.65. The van der Waals surface area contributed by atoms with E-state index in [1.54, 1.807) is 4.90 Å². The summed E-state index contributed by atoms with van der Waals surface area (Å²) in [6.45, 7) is 1.65. The molecule has 0 atom stereocenters. The molecule has 0 aromatic heterocycles. The normalized spacial score (nSPS) is 21.2. The molecule has 1 saturated carbocycles. The van der Waals surface area contributed by atoms with Crippen molar-refractivity contribution in [2.45, 2.75) is 44.2 Å². The molecule has 2 N–H and O–H groups in total. The Morgan fingerprint density at radius 1 is 1.25 bits per heavy atom. The first-order valence-corrected chi connectivity index (χ1v) is 8.92. The van der Waals surface area contributed by atoms with Crippen LogP contribution < -0.4 is 5.73 Å². The van der Waals surface area contributed by atoms with Gasteiger partial charge in [0.15, 0.2) is 0 Å². The number of nitrogens with zero attached hydrogens (tertiary/aromatic N) is 2. The zero-order valence-electron chi connectivity index (χ0n) is 13.8. The molecule has 0 unspecified atom stereocenters. The monoisotopic (exact) mass is 349 g/mol. The third-order valence-corrected chi connectivity index (χ3v) is 5.46. The average Bonchev–Trinajstić information content (AvgIpc) is 2.53. The fourth-order valence-corrected chi connectivity index (χ4v) is 4.28. The van der Waals surface area contributed by atoms with Crippen molar-refractivity contribution in [3.05, 3.63) is 34.9 Å². The number of rotatable bonds is 4. The molecule has 2 amide bonds. The molecule has 130 valence electrons. The number of nitrogens with two attached hydrogens (primary N) is 1. The number of carbonyl (C=O) groups is 2. The van der Waals surface area contributed by atoms with Crippen molar-refractivity contribution >= 4 is 23.4 Å². The fourth-order valence-electron chi connectivity index (χ4n) is 4.07. The van der Waals surface area contributed by atoms with E-state index in [4.69, 9.17) is 17.3 Å². The molecule has 3 rings (SSSR count). The number of primary amides is 1. The van der Waals surface area contributed by atoms with Crippen LogP contribution in [-0.4, -0.2) is 46.8 Å². The van der Waals surface area contributed by atoms with Crippen molar-refractivity contribution in [2.75, 3.05) is 19.6 Å². The Kier molecular flexibility index (Phi) is 5.11. The second-order valence-corrected chi connectivity index (χ2v) is 7.42. The summed E-state index contributed by atoms with van der Waals surface area (Å²) in [6.07, 6.45) is 5.65. The largest absolute Gasteiger partial charge is 0.368 e. The molecular formula is C18H24ClN3O2. The van der Waals surface area contributed by atoms with Crippen LogP contribution in [0.3, 0.4) is 0 Å². The molecule has 2 aliphatic rings. The minimum Gasteiger partial charge on any atom is -0.368 e. The lowest BCUT2D eigenvalue weighted by Gasteiger charge is -2.52. The zero-order chi connectivity index (χ0) is 17.2. The second-order valence-electron chi connectivity index (χ2n) is 6.99. The summed E-state index contributed by atoms with van der Waals surface area (Å²) in [7, 11) is 0. The van der Waals surface area contributed by atoms with Crippen LogP contribution in [-0.2, 0) is 16.1 Å². The van der Waals surface area contributed by atoms with E-state index in [0.717, 1.165) is 31.2 Å². The summed E-state index contributed by atoms with van der Waals surface area (Å²) in [6, 6.07) is 7.80. The molecule has 1 saturated heterocycles. The number of amides is 2. The van der Waals surface area contributed by atoms with Gasteiger partial charge in [0.2, 0.25) is 11.8 Å². The summed E-state index contributed by atoms with van der Waals surface area (Å²) in [5, 5.41) is 0.712. The smallest absolute Gasteiger partial charge is 0.237 e. The fraction of sp³-hybridized carbons (Fsp3) is 0.556. The molecule has 2 fully saturated rings. The Bertz CT molecular complexity index is 628. The van der Waals surface area contributed by atoms with Gasteiger partial charge in [-0.25, -0.2) is 0 Å². The Labute approximate surface area is 147 Å². The lowest BCUT2D eigenvalue weighted by atomic mass is 9.78. The van der Waals surface area contributed by atoms with Crippen molar-refractivity contribution in [3.63, 3.8) is 0 Å². The number of carbonyl (C=O) groups excluding carboxylic acids is 2. The number of benzene rings is 1. The van der Waals surface area contributed by atoms with Crippen LogP contribution in [0.1, 0.15) is 37.7 Å². The quantitative estimate of drug-likeness (QED) is 0.905. The van der Waals surface area contributed by atoms with Gasteiger partial charge < -0.3 is 10.6 Å². The average molecular weight is 350 g/mol. The van der Waals surface area contributed by atoms with E-state index in [0.29, 0.717) is 24.7 Å². The first-order chi connectivity index (χ1) is 11.5. The maximum atomic E-state index is 12.5. The van der Waals surface area contributed by atoms with E-state index in [1.165, 1.54) is 6.42 Å². The van der Waals surface area contributed by atoms with Crippen LogP contribution in [0.15, 0.2) is 24.3 Å². The van der Waals surface area contributed by atoms with Gasteiger partial charge in [0, 0.05) is 23.7 Å². The van der Waals surface area contributed by atoms with Gasteiger partial charge in [-0.1, -0.05) is 43.0 Å². The van der Waals surface area contributed by atoms with Gasteiger partial charge in [-0.2, -0.15) is 0 Å². The van der Waals surface area contributed by atoms with Crippen molar-refractivity contribution < 1.29 is 9.59 Å². The van der Waals surface area contributed by atoms with Crippen molar-refractivity contribution in [1.82, 2.24) is 9.80 Å². The molecule has 1 spiro atoms. The molecule has 1 heterocycles. The van der Waals surface area contributed by atoms with Gasteiger partial charge in [-0.15, -0.1) is 0 Å². The number of hydrogen-bond acceptors (Lipinski definition) is 3. The lowest BCUT2D eigenvalue weighted by molar-refractivity contribution is -0.148. The number of halogens is 1. The molecule has 1 aliphatic carbocycles. The number of hydrogen-bond donors (Lipinski definition) is 1. The maximum Gasteiger partial charge on any atom is 0.237 e. The third kappa shape index (κ3) is 3.73. The summed E-state index contributed by atoms with van der Waals surface area (Å²) in [5.41, 5.74) is 6.38. The maximum absolute atomic E-state index is 12.5. The van der Waals surface area contributed by atoms with Gasteiger partial charge in [-0.05, 0) is 30.5 Å². The molecule has 0 bridgehead atoms. The first-order valence-electron chi connectivity index (χ1n) is 8.54. The Hall–Kier alpha value is -1.59. The SMILES string of the molecule is NC(=O)CN1CC2(CCCCC2)N(Cc2cccc(Cl)c2)CC1=O. The van der Waals surface area contributed by atoms with E-state index < -0.39 is 5.91 Å². The molecule has 1 aromatic carbocycles. The van der Waals surface area contributed by atoms with Gasteiger partial charge in [0.25, 0.3) is 0 Å². The molecule has 0 radical (unpaired) electrons. The third-order valence-electron chi connectivity index (χ3n) is 5.23. The Morgan fingerprint density at radius 2 is 2.00 bits per heavy atom. The molecule has 1 aliphatic heterocycles. The van der Waals surface area contributed by atoms with Gasteiger partial charge in [0.05, 0.1) is 13.1 Å². The van der Waals surface area contributed by atoms with Gasteiger partial charge in [-0.3, -0.25) is 14.5 Å². The zero-order valence-corrected chi connectivity index (χ0v) is 14.6. The van der Waals surface area contributed by atoms with Crippen molar-refractivity contribution in [1.29, 1.82) is 0 Å². The molecule has 1 aromatic rings. The standard InChI is InChI=1S/C18H24ClN3O2/c19-15-6-4-5-14(9-15)10-22-12-17(24)21(11-16(20)23)13-18(22)7-2-1-3-8-18/h4-6,9H,1-3,7-8,10-13H2,(H2,20,23). The van der Waals surface area contributed by atoms with Gasteiger partial charge in [0.1, 0.15) is 0 Å². The molecule has 24 heavy (non-hydrogen) atoms. The highest BCUT2D eigenvalue weighted by atomic mass is 35.5. The minimum atomic E-state index is -0.447. The van der Waals surface area contributed by atoms with Crippen LogP contribution in [0.4, 0.5) is 0 Å². The van der Waals surface area contributed by atoms with Crippen LogP contribution in [0.25, 0.3) is 0 Å². The molecular weight excluding hydrogens is 326 g/mol. The molecule has 6 heteroatoms. The summed E-state index contributed by atoms with van der Waals surface area (Å²) >= 11 is 6.10. The van der Waals surface area contributed by atoms with Crippen LogP contribution >= 0.6 is 11.6 Å². The van der Waals surface area contributed by atoms with E-state index >= 15 is 0 Å². The predicted octanol–water partition coefficient (Wildman–Crippen LogP) is 2.17. The Morgan fingerprint density at radius 3 is 2.67 bits per heavy atom. The van der Waals surface area contributed by atoms with Gasteiger partial charge >= 0.3 is 0 Å². The first kappa shape index (κ1) is 17.2. The van der Waals surface area contributed by atoms with Crippen LogP contribution in [0, 0.1) is 0 Å². The van der Waals surface area contributed by atoms with E-state index in [9.17, 15) is 9.59 Å². The molecule has 5 nitrogen and oxygen atoms in total. The van der Waals surface area contributed by atoms with Crippen LogP contribution in [0.2, 0.25) is 5.02 Å². The Balaban J connectivity index is 1.83. The predicted molar refractivity (Wildman–Crippen MR) is 93.5 cm³/mol. The summed E-state index contributed by atoms with van der Waals surface area (Å²) in [4.78, 5) is 27.7. The minimum absolute atomic E-state index is 0.0194. The highest BCUT2D eigenvalue weighted by Crippen LogP contribution is 2.37. The van der Waals surface area contributed by atoms with E-state index in [-0.39, 0.29) is 18.0 Å². The van der Waals surface area contributed by atoms with Crippen LogP contribution in [0.5, 0.6) is 0 Å². The topological polar surface area (TPSA) is 66.6 Å². The summed E-state index contributed by atoms with van der Waals surface area (Å²) in [5.74, 6) is -0.468. The van der Waals surface area contributed by atoms with E-state index in [2.05, 4.69) is 4.90 Å². The number of piperazine rings is 1. The second kappa shape index (κ2) is 7.11. The van der Waals surface area contributed by atoms with Crippen molar-refractivity contribution in [2.24, 2.45) is 5.73 Å². The van der Waals surface area contributed by atoms with Crippen molar-refractivity contribution in [3.8, 4) is 0 Å². The summed E-state index contributed by atoms with van der Waals surface area (Å²) < 4.78 is 0. The van der Waals surface area contributed by atoms with E-state index in [1.807, 2.05) is 24.3 Å². The highest BCUT2D eigenvalue weighted by molar-refractivity contribution is 6.30.